The number of amides is 1. The summed E-state index contributed by atoms with van der Waals surface area (Å²) in [4.78, 5) is 11.9. The SMILES string of the molecule is O=C(NN1CCc2ccccc2C1)Oc1ccc(OC(F)(F)F)cc1. The summed E-state index contributed by atoms with van der Waals surface area (Å²) in [7, 11) is 0. The Hall–Kier alpha value is -2.74. The summed E-state index contributed by atoms with van der Waals surface area (Å²) in [6.45, 7) is 1.20. The molecule has 0 spiro atoms. The molecule has 0 radical (unpaired) electrons. The number of nitrogens with zero attached hydrogens (tertiary/aromatic N) is 1. The molecule has 5 nitrogen and oxygen atoms in total. The lowest BCUT2D eigenvalue weighted by atomic mass is 10.0. The third-order valence-corrected chi connectivity index (χ3v) is 3.65. The second kappa shape index (κ2) is 7.02. The van der Waals surface area contributed by atoms with Gasteiger partial charge < -0.3 is 9.47 Å². The average molecular weight is 352 g/mol. The highest BCUT2D eigenvalue weighted by Gasteiger charge is 2.31. The van der Waals surface area contributed by atoms with E-state index in [4.69, 9.17) is 4.74 Å². The van der Waals surface area contributed by atoms with Crippen molar-refractivity contribution in [2.75, 3.05) is 6.54 Å². The second-order valence-electron chi connectivity index (χ2n) is 5.46. The van der Waals surface area contributed by atoms with E-state index in [2.05, 4.69) is 16.2 Å². The van der Waals surface area contributed by atoms with Gasteiger partial charge in [0.1, 0.15) is 11.5 Å². The number of rotatable bonds is 3. The molecule has 0 saturated heterocycles. The van der Waals surface area contributed by atoms with Gasteiger partial charge in [-0.2, -0.15) is 0 Å². The summed E-state index contributed by atoms with van der Waals surface area (Å²) in [6, 6.07) is 12.6. The normalized spacial score (nSPS) is 14.5. The Balaban J connectivity index is 1.53. The summed E-state index contributed by atoms with van der Waals surface area (Å²) in [6.07, 6.45) is -4.66. The maximum atomic E-state index is 12.1. The molecule has 1 aliphatic rings. The molecule has 0 unspecified atom stereocenters. The minimum absolute atomic E-state index is 0.115. The molecule has 1 aliphatic heterocycles. The maximum absolute atomic E-state index is 12.1. The number of ether oxygens (including phenoxy) is 2. The van der Waals surface area contributed by atoms with Gasteiger partial charge in [-0.1, -0.05) is 24.3 Å². The number of carbonyl (C=O) groups is 1. The van der Waals surface area contributed by atoms with Crippen LogP contribution >= 0.6 is 0 Å². The van der Waals surface area contributed by atoms with Crippen molar-refractivity contribution in [1.29, 1.82) is 0 Å². The average Bonchev–Trinajstić information content (AvgIpc) is 2.55. The molecule has 2 aromatic carbocycles. The lowest BCUT2D eigenvalue weighted by Crippen LogP contribution is -2.46. The van der Waals surface area contributed by atoms with Gasteiger partial charge in [-0.25, -0.2) is 9.80 Å². The third kappa shape index (κ3) is 4.87. The quantitative estimate of drug-likeness (QED) is 0.916. The molecule has 0 aliphatic carbocycles. The summed E-state index contributed by atoms with van der Waals surface area (Å²) in [5, 5.41) is 1.73. The van der Waals surface area contributed by atoms with E-state index in [-0.39, 0.29) is 11.5 Å². The Morgan fingerprint density at radius 2 is 1.64 bits per heavy atom. The largest absolute Gasteiger partial charge is 0.573 e. The van der Waals surface area contributed by atoms with Crippen molar-refractivity contribution in [2.24, 2.45) is 0 Å². The van der Waals surface area contributed by atoms with Gasteiger partial charge in [-0.3, -0.25) is 5.43 Å². The molecule has 0 atom stereocenters. The predicted octanol–water partition coefficient (Wildman–Crippen LogP) is 3.65. The minimum atomic E-state index is -4.76. The van der Waals surface area contributed by atoms with Crippen LogP contribution in [0.3, 0.4) is 0 Å². The van der Waals surface area contributed by atoms with Crippen LogP contribution in [-0.2, 0) is 13.0 Å². The molecule has 0 fully saturated rings. The monoisotopic (exact) mass is 352 g/mol. The van der Waals surface area contributed by atoms with Gasteiger partial charge in [0.2, 0.25) is 0 Å². The molecule has 0 aromatic heterocycles. The Morgan fingerprint density at radius 3 is 2.32 bits per heavy atom. The number of hydrazine groups is 1. The molecule has 2 aromatic rings. The molecule has 1 heterocycles. The summed E-state index contributed by atoms with van der Waals surface area (Å²) < 4.78 is 45.1. The van der Waals surface area contributed by atoms with Gasteiger partial charge >= 0.3 is 12.5 Å². The molecule has 1 amide bonds. The van der Waals surface area contributed by atoms with Crippen LogP contribution in [0.5, 0.6) is 11.5 Å². The van der Waals surface area contributed by atoms with Crippen LogP contribution < -0.4 is 14.9 Å². The van der Waals surface area contributed by atoms with E-state index >= 15 is 0 Å². The van der Waals surface area contributed by atoms with Gasteiger partial charge in [-0.15, -0.1) is 13.2 Å². The van der Waals surface area contributed by atoms with E-state index in [0.717, 1.165) is 24.1 Å². The number of halogens is 3. The smallest absolute Gasteiger partial charge is 0.409 e. The zero-order valence-electron chi connectivity index (χ0n) is 13.0. The number of hydrogen-bond donors (Lipinski definition) is 1. The van der Waals surface area contributed by atoms with Crippen LogP contribution in [0.1, 0.15) is 11.1 Å². The first-order valence-electron chi connectivity index (χ1n) is 7.55. The van der Waals surface area contributed by atoms with Crippen molar-refractivity contribution < 1.29 is 27.4 Å². The fourth-order valence-corrected chi connectivity index (χ4v) is 2.56. The van der Waals surface area contributed by atoms with E-state index in [1.165, 1.54) is 17.7 Å². The van der Waals surface area contributed by atoms with Gasteiger partial charge in [0.15, 0.2) is 0 Å². The van der Waals surface area contributed by atoms with Crippen molar-refractivity contribution in [2.45, 2.75) is 19.3 Å². The first kappa shape index (κ1) is 17.1. The molecular formula is C17H15F3N2O3. The molecule has 0 saturated carbocycles. The van der Waals surface area contributed by atoms with Crippen LogP contribution in [0.4, 0.5) is 18.0 Å². The first-order chi connectivity index (χ1) is 11.9. The number of benzene rings is 2. The molecule has 1 N–H and O–H groups in total. The Morgan fingerprint density at radius 1 is 1.00 bits per heavy atom. The topological polar surface area (TPSA) is 50.8 Å². The predicted molar refractivity (Wildman–Crippen MR) is 82.8 cm³/mol. The Labute approximate surface area is 141 Å². The number of hydrogen-bond acceptors (Lipinski definition) is 4. The summed E-state index contributed by atoms with van der Waals surface area (Å²) in [5.74, 6) is -0.266. The van der Waals surface area contributed by atoms with Gasteiger partial charge in [0.05, 0.1) is 0 Å². The van der Waals surface area contributed by atoms with Crippen LogP contribution in [0.2, 0.25) is 0 Å². The van der Waals surface area contributed by atoms with E-state index in [9.17, 15) is 18.0 Å². The van der Waals surface area contributed by atoms with Gasteiger partial charge in [0.25, 0.3) is 0 Å². The van der Waals surface area contributed by atoms with Crippen LogP contribution in [0, 0.1) is 0 Å². The van der Waals surface area contributed by atoms with Crippen molar-refractivity contribution in [3.8, 4) is 11.5 Å². The second-order valence-corrected chi connectivity index (χ2v) is 5.46. The number of alkyl halides is 3. The fraction of sp³-hybridized carbons (Fsp3) is 0.235. The highest BCUT2D eigenvalue weighted by atomic mass is 19.4. The standard InChI is InChI=1S/C17H15F3N2O3/c18-17(19,20)25-15-7-5-14(6-8-15)24-16(23)21-22-10-9-12-3-1-2-4-13(12)11-22/h1-8H,9-11H2,(H,21,23). The zero-order chi connectivity index (χ0) is 17.9. The zero-order valence-corrected chi connectivity index (χ0v) is 13.0. The van der Waals surface area contributed by atoms with Crippen molar-refractivity contribution in [3.63, 3.8) is 0 Å². The van der Waals surface area contributed by atoms with Gasteiger partial charge in [-0.05, 0) is 41.8 Å². The summed E-state index contributed by atoms with van der Waals surface area (Å²) >= 11 is 0. The molecule has 0 bridgehead atoms. The highest BCUT2D eigenvalue weighted by Crippen LogP contribution is 2.24. The third-order valence-electron chi connectivity index (χ3n) is 3.65. The molecular weight excluding hydrogens is 337 g/mol. The fourth-order valence-electron chi connectivity index (χ4n) is 2.56. The number of carbonyl (C=O) groups excluding carboxylic acids is 1. The van der Waals surface area contributed by atoms with E-state index < -0.39 is 12.5 Å². The van der Waals surface area contributed by atoms with Crippen LogP contribution in [-0.4, -0.2) is 24.0 Å². The van der Waals surface area contributed by atoms with E-state index in [1.54, 1.807) is 5.01 Å². The number of fused-ring (bicyclic) bond motifs is 1. The first-order valence-corrected chi connectivity index (χ1v) is 7.55. The minimum Gasteiger partial charge on any atom is -0.409 e. The van der Waals surface area contributed by atoms with E-state index in [1.807, 2.05) is 18.2 Å². The van der Waals surface area contributed by atoms with Crippen molar-refractivity contribution >= 4 is 6.09 Å². The molecule has 25 heavy (non-hydrogen) atoms. The number of nitrogens with one attached hydrogen (secondary N) is 1. The lowest BCUT2D eigenvalue weighted by Gasteiger charge is -2.28. The highest BCUT2D eigenvalue weighted by molar-refractivity contribution is 5.69. The Bertz CT molecular complexity index is 748. The molecule has 3 rings (SSSR count). The van der Waals surface area contributed by atoms with Gasteiger partial charge in [0, 0.05) is 13.1 Å². The molecule has 8 heteroatoms. The Kier molecular flexibility index (Phi) is 4.80. The molecule has 132 valence electrons. The van der Waals surface area contributed by atoms with Crippen molar-refractivity contribution in [3.05, 3.63) is 59.7 Å². The summed E-state index contributed by atoms with van der Waals surface area (Å²) in [5.41, 5.74) is 4.99. The van der Waals surface area contributed by atoms with E-state index in [0.29, 0.717) is 13.1 Å². The lowest BCUT2D eigenvalue weighted by molar-refractivity contribution is -0.274. The van der Waals surface area contributed by atoms with Crippen molar-refractivity contribution in [1.82, 2.24) is 10.4 Å². The van der Waals surface area contributed by atoms with Crippen LogP contribution in [0.15, 0.2) is 48.5 Å². The maximum Gasteiger partial charge on any atom is 0.573 e. The van der Waals surface area contributed by atoms with Crippen LogP contribution in [0.25, 0.3) is 0 Å².